The predicted molar refractivity (Wildman–Crippen MR) is 53.9 cm³/mol. The average molecular weight is 216 g/mol. The molecule has 0 radical (unpaired) electrons. The van der Waals surface area contributed by atoms with E-state index in [1.165, 1.54) is 6.07 Å². The number of ether oxygens (including phenoxy) is 1. The van der Waals surface area contributed by atoms with Crippen LogP contribution in [0, 0.1) is 24.0 Å². The fourth-order valence-corrected chi connectivity index (χ4v) is 1.42. The highest BCUT2D eigenvalue weighted by atomic mass is 35.5. The molecule has 1 aromatic rings. The lowest BCUT2D eigenvalue weighted by Crippen LogP contribution is -1.99. The zero-order chi connectivity index (χ0) is 10.7. The Labute approximate surface area is 86.6 Å². The van der Waals surface area contributed by atoms with Crippen molar-refractivity contribution in [2.45, 2.75) is 13.8 Å². The first kappa shape index (κ1) is 10.8. The summed E-state index contributed by atoms with van der Waals surface area (Å²) in [5, 5.41) is 10.7. The molecule has 4 nitrogen and oxygen atoms in total. The lowest BCUT2D eigenvalue weighted by molar-refractivity contribution is -0.385. The van der Waals surface area contributed by atoms with E-state index in [0.717, 1.165) is 11.1 Å². The van der Waals surface area contributed by atoms with Crippen LogP contribution >= 0.6 is 11.6 Å². The van der Waals surface area contributed by atoms with E-state index in [1.54, 1.807) is 13.8 Å². The van der Waals surface area contributed by atoms with E-state index in [0.29, 0.717) is 0 Å². The molecule has 0 atom stereocenters. The van der Waals surface area contributed by atoms with Gasteiger partial charge in [0.15, 0.2) is 6.07 Å². The van der Waals surface area contributed by atoms with Crippen molar-refractivity contribution in [3.8, 4) is 5.75 Å². The van der Waals surface area contributed by atoms with Gasteiger partial charge in [0, 0.05) is 6.07 Å². The Morgan fingerprint density at radius 2 is 2.14 bits per heavy atom. The van der Waals surface area contributed by atoms with Gasteiger partial charge in [-0.2, -0.15) is 0 Å². The summed E-state index contributed by atoms with van der Waals surface area (Å²) in [6.07, 6.45) is 0. The molecule has 1 aromatic carbocycles. The van der Waals surface area contributed by atoms with E-state index in [-0.39, 0.29) is 17.5 Å². The molecule has 0 aromatic heterocycles. The summed E-state index contributed by atoms with van der Waals surface area (Å²) in [6.45, 7) is 3.55. The monoisotopic (exact) mass is 215 g/mol. The van der Waals surface area contributed by atoms with Gasteiger partial charge in [-0.1, -0.05) is 17.7 Å². The first-order valence-electron chi connectivity index (χ1n) is 4.00. The van der Waals surface area contributed by atoms with Crippen molar-refractivity contribution in [3.05, 3.63) is 33.4 Å². The molecule has 0 saturated heterocycles. The van der Waals surface area contributed by atoms with Gasteiger partial charge in [-0.25, -0.2) is 0 Å². The van der Waals surface area contributed by atoms with Gasteiger partial charge in [-0.05, 0) is 25.0 Å². The maximum absolute atomic E-state index is 10.7. The number of alkyl halides is 1. The van der Waals surface area contributed by atoms with Crippen molar-refractivity contribution in [2.75, 3.05) is 6.07 Å². The summed E-state index contributed by atoms with van der Waals surface area (Å²) in [5.41, 5.74) is 1.51. The van der Waals surface area contributed by atoms with Crippen LogP contribution in [0.1, 0.15) is 11.1 Å². The molecule has 0 spiro atoms. The van der Waals surface area contributed by atoms with Gasteiger partial charge in [-0.3, -0.25) is 10.1 Å². The van der Waals surface area contributed by atoms with Crippen molar-refractivity contribution in [3.63, 3.8) is 0 Å². The number of benzene rings is 1. The van der Waals surface area contributed by atoms with E-state index >= 15 is 0 Å². The molecule has 0 bridgehead atoms. The number of halogens is 1. The third-order valence-corrected chi connectivity index (χ3v) is 1.90. The van der Waals surface area contributed by atoms with Crippen LogP contribution in [-0.2, 0) is 0 Å². The molecule has 0 aliphatic heterocycles. The van der Waals surface area contributed by atoms with Gasteiger partial charge in [0.2, 0.25) is 5.75 Å². The number of aryl methyl sites for hydroxylation is 2. The average Bonchev–Trinajstić information content (AvgIpc) is 2.09. The SMILES string of the molecule is Cc1cc(C)c(OCCl)c([N+](=O)[O-])c1. The molecule has 0 unspecified atom stereocenters. The maximum atomic E-state index is 10.7. The van der Waals surface area contributed by atoms with E-state index in [2.05, 4.69) is 0 Å². The highest BCUT2D eigenvalue weighted by molar-refractivity contribution is 6.17. The number of hydrogen-bond donors (Lipinski definition) is 0. The van der Waals surface area contributed by atoms with E-state index in [4.69, 9.17) is 16.3 Å². The van der Waals surface area contributed by atoms with Gasteiger partial charge in [0.25, 0.3) is 0 Å². The van der Waals surface area contributed by atoms with Crippen molar-refractivity contribution < 1.29 is 9.66 Å². The van der Waals surface area contributed by atoms with E-state index in [9.17, 15) is 10.1 Å². The van der Waals surface area contributed by atoms with Crippen LogP contribution in [0.3, 0.4) is 0 Å². The number of nitrogens with zero attached hydrogens (tertiary/aromatic N) is 1. The summed E-state index contributed by atoms with van der Waals surface area (Å²) < 4.78 is 5.01. The second-order valence-electron chi connectivity index (χ2n) is 2.94. The standard InChI is InChI=1S/C9H10ClNO3/c1-6-3-7(2)9(14-5-10)8(4-6)11(12)13/h3-4H,5H2,1-2H3. The van der Waals surface area contributed by atoms with Gasteiger partial charge >= 0.3 is 5.69 Å². The predicted octanol–water partition coefficient (Wildman–Crippen LogP) is 2.79. The molecule has 0 N–H and O–H groups in total. The Kier molecular flexibility index (Phi) is 3.30. The summed E-state index contributed by atoms with van der Waals surface area (Å²) in [7, 11) is 0. The number of nitro benzene ring substituents is 1. The van der Waals surface area contributed by atoms with Crippen molar-refractivity contribution in [1.82, 2.24) is 0 Å². The highest BCUT2D eigenvalue weighted by Gasteiger charge is 2.17. The van der Waals surface area contributed by atoms with Crippen molar-refractivity contribution in [2.24, 2.45) is 0 Å². The molecular formula is C9H10ClNO3. The molecule has 1 rings (SSSR count). The largest absolute Gasteiger partial charge is 0.470 e. The molecule has 0 saturated carbocycles. The van der Waals surface area contributed by atoms with Gasteiger partial charge in [0.1, 0.15) is 0 Å². The number of nitro groups is 1. The Balaban J connectivity index is 3.28. The Bertz CT molecular complexity index is 365. The minimum atomic E-state index is -0.470. The molecule has 76 valence electrons. The van der Waals surface area contributed by atoms with Gasteiger partial charge in [-0.15, -0.1) is 0 Å². The van der Waals surface area contributed by atoms with Crippen LogP contribution in [-0.4, -0.2) is 11.0 Å². The van der Waals surface area contributed by atoms with Crippen molar-refractivity contribution >= 4 is 17.3 Å². The highest BCUT2D eigenvalue weighted by Crippen LogP contribution is 2.31. The third kappa shape index (κ3) is 2.14. The van der Waals surface area contributed by atoms with Gasteiger partial charge in [0.05, 0.1) is 4.92 Å². The quantitative estimate of drug-likeness (QED) is 0.443. The van der Waals surface area contributed by atoms with E-state index in [1.807, 2.05) is 6.07 Å². The molecule has 0 amide bonds. The van der Waals surface area contributed by atoms with E-state index < -0.39 is 4.92 Å². The third-order valence-electron chi connectivity index (χ3n) is 1.79. The Hall–Kier alpha value is -1.29. The first-order valence-corrected chi connectivity index (χ1v) is 4.54. The molecule has 0 fully saturated rings. The lowest BCUT2D eigenvalue weighted by atomic mass is 10.1. The zero-order valence-corrected chi connectivity index (χ0v) is 8.67. The number of hydrogen-bond acceptors (Lipinski definition) is 3. The first-order chi connectivity index (χ1) is 6.56. The zero-order valence-electron chi connectivity index (χ0n) is 7.91. The van der Waals surface area contributed by atoms with Crippen LogP contribution < -0.4 is 4.74 Å². The molecule has 0 aliphatic carbocycles. The summed E-state index contributed by atoms with van der Waals surface area (Å²) in [6, 6.07) is 3.19. The minimum Gasteiger partial charge on any atom is -0.470 e. The lowest BCUT2D eigenvalue weighted by Gasteiger charge is -2.07. The maximum Gasteiger partial charge on any atom is 0.311 e. The minimum absolute atomic E-state index is 0.0387. The molecule has 5 heteroatoms. The summed E-state index contributed by atoms with van der Waals surface area (Å²) in [5.74, 6) is 0.246. The fraction of sp³-hybridized carbons (Fsp3) is 0.333. The van der Waals surface area contributed by atoms with Crippen LogP contribution in [0.2, 0.25) is 0 Å². The Morgan fingerprint density at radius 3 is 2.64 bits per heavy atom. The summed E-state index contributed by atoms with van der Waals surface area (Å²) >= 11 is 5.38. The normalized spacial score (nSPS) is 9.93. The topological polar surface area (TPSA) is 52.4 Å². The second-order valence-corrected chi connectivity index (χ2v) is 3.16. The fourth-order valence-electron chi connectivity index (χ4n) is 1.31. The van der Waals surface area contributed by atoms with Crippen LogP contribution in [0.4, 0.5) is 5.69 Å². The number of rotatable bonds is 3. The van der Waals surface area contributed by atoms with Crippen molar-refractivity contribution in [1.29, 1.82) is 0 Å². The second kappa shape index (κ2) is 4.28. The molecule has 14 heavy (non-hydrogen) atoms. The molecule has 0 heterocycles. The summed E-state index contributed by atoms with van der Waals surface area (Å²) in [4.78, 5) is 10.2. The molecule has 0 aliphatic rings. The molecular weight excluding hydrogens is 206 g/mol. The van der Waals surface area contributed by atoms with Crippen LogP contribution in [0.25, 0.3) is 0 Å². The smallest absolute Gasteiger partial charge is 0.311 e. The van der Waals surface area contributed by atoms with Gasteiger partial charge < -0.3 is 4.74 Å². The van der Waals surface area contributed by atoms with Crippen LogP contribution in [0.15, 0.2) is 12.1 Å². The Morgan fingerprint density at radius 1 is 1.50 bits per heavy atom. The van der Waals surface area contributed by atoms with Crippen LogP contribution in [0.5, 0.6) is 5.75 Å².